The number of benzene rings is 5. The molecule has 0 aliphatic heterocycles. The number of hydrogen-bond acceptors (Lipinski definition) is 2. The number of rotatable bonds is 4. The molecule has 0 fully saturated rings. The summed E-state index contributed by atoms with van der Waals surface area (Å²) in [6, 6.07) is 32.5. The first kappa shape index (κ1) is 24.3. The second-order valence-electron chi connectivity index (χ2n) is 9.95. The van der Waals surface area contributed by atoms with Crippen LogP contribution in [0.15, 0.2) is 120 Å². The van der Waals surface area contributed by atoms with Crippen LogP contribution in [0.3, 0.4) is 0 Å². The normalized spacial score (nSPS) is 12.5. The monoisotopic (exact) mass is 536 g/mol. The molecule has 3 nitrogen and oxygen atoms in total. The summed E-state index contributed by atoms with van der Waals surface area (Å²) in [4.78, 5) is 19.5. The number of fused-ring (bicyclic) bond motifs is 4. The van der Waals surface area contributed by atoms with Gasteiger partial charge in [0.1, 0.15) is 5.65 Å². The minimum absolute atomic E-state index is 0.0962. The lowest BCUT2D eigenvalue weighted by Gasteiger charge is -2.13. The van der Waals surface area contributed by atoms with Gasteiger partial charge in [0, 0.05) is 32.1 Å². The van der Waals surface area contributed by atoms with E-state index in [1.807, 2.05) is 80.6 Å². The zero-order chi connectivity index (χ0) is 27.4. The molecule has 0 unspecified atom stereocenters. The Bertz CT molecular complexity index is 2190. The summed E-state index contributed by atoms with van der Waals surface area (Å²) in [5, 5.41) is 3.88. The third kappa shape index (κ3) is 3.59. The van der Waals surface area contributed by atoms with Crippen molar-refractivity contribution in [2.24, 2.45) is 0 Å². The molecule has 192 valence electrons. The Morgan fingerprint density at radius 2 is 1.45 bits per heavy atom. The lowest BCUT2D eigenvalue weighted by molar-refractivity contribution is 1.19. The van der Waals surface area contributed by atoms with Crippen molar-refractivity contribution >= 4 is 55.4 Å². The Balaban J connectivity index is 1.67. The lowest BCUT2D eigenvalue weighted by Crippen LogP contribution is -2.13. The predicted molar refractivity (Wildman–Crippen MR) is 170 cm³/mol. The van der Waals surface area contributed by atoms with Gasteiger partial charge < -0.3 is 0 Å². The van der Waals surface area contributed by atoms with E-state index in [0.29, 0.717) is 16.1 Å². The van der Waals surface area contributed by atoms with E-state index in [-0.39, 0.29) is 5.56 Å². The number of aromatic nitrogens is 2. The fourth-order valence-electron chi connectivity index (χ4n) is 5.90. The van der Waals surface area contributed by atoms with Crippen LogP contribution in [0.4, 0.5) is 0 Å². The van der Waals surface area contributed by atoms with Gasteiger partial charge >= 0.3 is 0 Å². The van der Waals surface area contributed by atoms with Crippen molar-refractivity contribution in [3.63, 3.8) is 0 Å². The molecule has 0 saturated heterocycles. The van der Waals surface area contributed by atoms with Crippen LogP contribution in [0.1, 0.15) is 19.4 Å². The summed E-state index contributed by atoms with van der Waals surface area (Å²) < 4.78 is 1.78. The third-order valence-electron chi connectivity index (χ3n) is 7.70. The van der Waals surface area contributed by atoms with Crippen LogP contribution in [0.25, 0.3) is 66.1 Å². The minimum Gasteiger partial charge on any atom is -0.268 e. The Labute approximate surface area is 236 Å². The van der Waals surface area contributed by atoms with Gasteiger partial charge in [0.2, 0.25) is 0 Å². The van der Waals surface area contributed by atoms with E-state index >= 15 is 0 Å². The fraction of sp³-hybridized carbons (Fsp3) is 0.0556. The molecule has 0 aliphatic rings. The highest BCUT2D eigenvalue weighted by Crippen LogP contribution is 2.41. The quantitative estimate of drug-likeness (QED) is 0.210. The van der Waals surface area contributed by atoms with Gasteiger partial charge in [0.05, 0.1) is 11.0 Å². The van der Waals surface area contributed by atoms with Gasteiger partial charge in [0.15, 0.2) is 0 Å². The van der Waals surface area contributed by atoms with E-state index in [9.17, 15) is 4.79 Å². The molecule has 0 aliphatic carbocycles. The summed E-state index contributed by atoms with van der Waals surface area (Å²) in [5.41, 5.74) is 8.36. The first-order valence-corrected chi connectivity index (χ1v) is 13.8. The highest BCUT2D eigenvalue weighted by molar-refractivity contribution is 6.39. The Kier molecular flexibility index (Phi) is 5.76. The van der Waals surface area contributed by atoms with Crippen LogP contribution in [-0.4, -0.2) is 9.38 Å². The zero-order valence-electron chi connectivity index (χ0n) is 22.2. The molecule has 2 aromatic heterocycles. The van der Waals surface area contributed by atoms with Crippen molar-refractivity contribution in [1.29, 1.82) is 0 Å². The van der Waals surface area contributed by atoms with Crippen LogP contribution in [0, 0.1) is 0 Å². The van der Waals surface area contributed by atoms with E-state index in [4.69, 9.17) is 16.6 Å². The molecule has 2 heterocycles. The van der Waals surface area contributed by atoms with Crippen LogP contribution in [-0.2, 0) is 0 Å². The van der Waals surface area contributed by atoms with Crippen molar-refractivity contribution in [3.05, 3.63) is 136 Å². The van der Waals surface area contributed by atoms with Gasteiger partial charge in [-0.3, -0.25) is 9.20 Å². The van der Waals surface area contributed by atoms with Crippen LogP contribution >= 0.6 is 11.6 Å². The van der Waals surface area contributed by atoms with Crippen LogP contribution < -0.4 is 5.56 Å². The molecule has 7 aromatic rings. The molecule has 0 radical (unpaired) electrons. The fourth-order valence-corrected chi connectivity index (χ4v) is 6.16. The maximum atomic E-state index is 14.3. The minimum atomic E-state index is -0.0962. The first-order valence-electron chi connectivity index (χ1n) is 13.4. The summed E-state index contributed by atoms with van der Waals surface area (Å²) in [7, 11) is 0. The number of halogens is 1. The number of imidazole rings is 1. The Morgan fingerprint density at radius 1 is 0.775 bits per heavy atom. The molecular formula is C36H25ClN2O. The topological polar surface area (TPSA) is 34.4 Å². The average molecular weight is 537 g/mol. The molecule has 0 saturated carbocycles. The number of pyridine rings is 1. The summed E-state index contributed by atoms with van der Waals surface area (Å²) in [6.07, 6.45) is 6.21. The summed E-state index contributed by atoms with van der Waals surface area (Å²) in [5.74, 6) is 0. The average Bonchev–Trinajstić information content (AvgIpc) is 3.39. The smallest absolute Gasteiger partial charge is 0.264 e. The highest BCUT2D eigenvalue weighted by Gasteiger charge is 2.22. The molecular weight excluding hydrogens is 512 g/mol. The molecule has 0 bridgehead atoms. The van der Waals surface area contributed by atoms with Gasteiger partial charge in [-0.2, -0.15) is 0 Å². The SMILES string of the molecule is CC=CC(=CC)c1cc(-c2ccccc2)c2nc3c4ccc(Cl)c5c(-c6ccccc6)ccc(c(=O)n3c2c1)c54. The van der Waals surface area contributed by atoms with Gasteiger partial charge in [-0.15, -0.1) is 0 Å². The number of hydrogen-bond donors (Lipinski definition) is 0. The largest absolute Gasteiger partial charge is 0.268 e. The van der Waals surface area contributed by atoms with Crippen molar-refractivity contribution in [1.82, 2.24) is 9.38 Å². The number of allylic oxidation sites excluding steroid dienone is 4. The van der Waals surface area contributed by atoms with Gasteiger partial charge in [-0.25, -0.2) is 4.98 Å². The number of nitrogens with zero attached hydrogens (tertiary/aromatic N) is 2. The maximum Gasteiger partial charge on any atom is 0.264 e. The van der Waals surface area contributed by atoms with E-state index in [2.05, 4.69) is 48.6 Å². The molecule has 0 N–H and O–H groups in total. The molecule has 5 aromatic carbocycles. The van der Waals surface area contributed by atoms with E-state index in [1.165, 1.54) is 0 Å². The first-order chi connectivity index (χ1) is 19.6. The van der Waals surface area contributed by atoms with E-state index < -0.39 is 0 Å². The molecule has 0 atom stereocenters. The second-order valence-corrected chi connectivity index (χ2v) is 10.4. The molecule has 40 heavy (non-hydrogen) atoms. The Morgan fingerprint density at radius 3 is 2.12 bits per heavy atom. The zero-order valence-corrected chi connectivity index (χ0v) is 22.9. The van der Waals surface area contributed by atoms with E-state index in [0.717, 1.165) is 60.6 Å². The van der Waals surface area contributed by atoms with Crippen molar-refractivity contribution in [2.45, 2.75) is 13.8 Å². The van der Waals surface area contributed by atoms with Crippen molar-refractivity contribution in [2.75, 3.05) is 0 Å². The van der Waals surface area contributed by atoms with Crippen molar-refractivity contribution in [3.8, 4) is 22.3 Å². The summed E-state index contributed by atoms with van der Waals surface area (Å²) >= 11 is 6.85. The predicted octanol–water partition coefficient (Wildman–Crippen LogP) is 9.56. The lowest BCUT2D eigenvalue weighted by atomic mass is 9.94. The molecule has 4 heteroatoms. The van der Waals surface area contributed by atoms with Crippen LogP contribution in [0.2, 0.25) is 5.02 Å². The van der Waals surface area contributed by atoms with Gasteiger partial charge in [-0.05, 0) is 72.0 Å². The van der Waals surface area contributed by atoms with E-state index in [1.54, 1.807) is 4.40 Å². The van der Waals surface area contributed by atoms with Gasteiger partial charge in [0.25, 0.3) is 5.56 Å². The standard InChI is InChI=1S/C36H25ClN2O/c1-3-11-22(4-2)25-20-29(24-14-9-6-10-15-24)34-31(21-25)39-35(38-34)27-18-19-30(37)33-26(23-12-7-5-8-13-23)16-17-28(32(27)33)36(39)40/h3-21H,1-2H3. The van der Waals surface area contributed by atoms with Gasteiger partial charge in [-0.1, -0.05) is 96.6 Å². The van der Waals surface area contributed by atoms with Crippen molar-refractivity contribution < 1.29 is 0 Å². The molecule has 7 rings (SSSR count). The highest BCUT2D eigenvalue weighted by atomic mass is 35.5. The maximum absolute atomic E-state index is 14.3. The third-order valence-corrected chi connectivity index (χ3v) is 8.02. The summed E-state index contributed by atoms with van der Waals surface area (Å²) in [6.45, 7) is 4.04. The molecule has 0 spiro atoms. The Hall–Kier alpha value is -4.73. The second kappa shape index (κ2) is 9.48. The molecule has 0 amide bonds. The van der Waals surface area contributed by atoms with Crippen LogP contribution in [0.5, 0.6) is 0 Å².